The molecule has 1 saturated heterocycles. The lowest BCUT2D eigenvalue weighted by atomic mass is 9.94. The first-order chi connectivity index (χ1) is 13.6. The summed E-state index contributed by atoms with van der Waals surface area (Å²) in [5.74, 6) is 0.431. The zero-order chi connectivity index (χ0) is 19.3. The molecule has 0 unspecified atom stereocenters. The highest BCUT2D eigenvalue weighted by molar-refractivity contribution is 5.96. The molecule has 2 bridgehead atoms. The normalized spacial score (nSPS) is 20.1. The summed E-state index contributed by atoms with van der Waals surface area (Å²) in [5.41, 5.74) is 6.52. The van der Waals surface area contributed by atoms with Crippen molar-refractivity contribution >= 4 is 5.91 Å². The number of carbonyl (C=O) groups is 1. The lowest BCUT2D eigenvalue weighted by molar-refractivity contribution is 0.0619. The summed E-state index contributed by atoms with van der Waals surface area (Å²) in [7, 11) is 0. The summed E-state index contributed by atoms with van der Waals surface area (Å²) < 4.78 is 13.3. The minimum atomic E-state index is -0.226. The lowest BCUT2D eigenvalue weighted by Gasteiger charge is -2.34. The van der Waals surface area contributed by atoms with Gasteiger partial charge in [-0.25, -0.2) is 4.39 Å². The predicted octanol–water partition coefficient (Wildman–Crippen LogP) is 5.88. The fourth-order valence-electron chi connectivity index (χ4n) is 4.81. The minimum absolute atomic E-state index is 0.126. The van der Waals surface area contributed by atoms with Gasteiger partial charge in [0.1, 0.15) is 5.82 Å². The Morgan fingerprint density at radius 3 is 2.50 bits per heavy atom. The molecule has 2 nitrogen and oxygen atoms in total. The second-order valence-electron chi connectivity index (χ2n) is 7.90. The maximum absolute atomic E-state index is 13.3. The number of nitrogens with zero attached hydrogens (tertiary/aromatic N) is 1. The van der Waals surface area contributed by atoms with Crippen LogP contribution in [0.1, 0.15) is 51.8 Å². The van der Waals surface area contributed by atoms with Crippen LogP contribution >= 0.6 is 0 Å². The molecular formula is C25H22FNO. The predicted molar refractivity (Wildman–Crippen MR) is 109 cm³/mol. The highest BCUT2D eigenvalue weighted by Crippen LogP contribution is 2.50. The van der Waals surface area contributed by atoms with Gasteiger partial charge in [-0.3, -0.25) is 4.79 Å². The topological polar surface area (TPSA) is 20.3 Å². The van der Waals surface area contributed by atoms with Gasteiger partial charge >= 0.3 is 0 Å². The molecule has 0 N–H and O–H groups in total. The number of aryl methyl sites for hydroxylation is 1. The van der Waals surface area contributed by atoms with Gasteiger partial charge in [-0.2, -0.15) is 0 Å². The molecular weight excluding hydrogens is 349 g/mol. The SMILES string of the molecule is Cc1ccccc1C(=O)N1CC[C@@H]2C[C@@H]1c1cc(-c3ccc(F)cc3)ccc12. The summed E-state index contributed by atoms with van der Waals surface area (Å²) in [6.45, 7) is 2.79. The second kappa shape index (κ2) is 6.59. The van der Waals surface area contributed by atoms with E-state index in [0.29, 0.717) is 5.92 Å². The monoisotopic (exact) mass is 371 g/mol. The molecule has 0 radical (unpaired) electrons. The van der Waals surface area contributed by atoms with Crippen LogP contribution in [0.25, 0.3) is 11.1 Å². The van der Waals surface area contributed by atoms with Gasteiger partial charge in [-0.1, -0.05) is 42.5 Å². The molecule has 5 rings (SSSR count). The number of likely N-dealkylation sites (tertiary alicyclic amines) is 1. The molecule has 3 heteroatoms. The van der Waals surface area contributed by atoms with Crippen molar-refractivity contribution in [1.29, 1.82) is 0 Å². The van der Waals surface area contributed by atoms with Gasteiger partial charge in [-0.15, -0.1) is 0 Å². The van der Waals surface area contributed by atoms with E-state index in [1.807, 2.05) is 43.3 Å². The van der Waals surface area contributed by atoms with Crippen molar-refractivity contribution in [1.82, 2.24) is 4.90 Å². The Morgan fingerprint density at radius 2 is 1.71 bits per heavy atom. The summed E-state index contributed by atoms with van der Waals surface area (Å²) in [4.78, 5) is 15.3. The Bertz CT molecular complexity index is 1060. The molecule has 3 aromatic rings. The Labute approximate surface area is 164 Å². The molecule has 140 valence electrons. The zero-order valence-corrected chi connectivity index (χ0v) is 15.9. The molecule has 0 spiro atoms. The van der Waals surface area contributed by atoms with Crippen LogP contribution in [-0.4, -0.2) is 17.4 Å². The van der Waals surface area contributed by atoms with Crippen molar-refractivity contribution in [3.8, 4) is 11.1 Å². The molecule has 3 aromatic carbocycles. The smallest absolute Gasteiger partial charge is 0.254 e. The molecule has 1 aliphatic carbocycles. The van der Waals surface area contributed by atoms with Gasteiger partial charge in [0.05, 0.1) is 6.04 Å². The van der Waals surface area contributed by atoms with E-state index in [9.17, 15) is 9.18 Å². The minimum Gasteiger partial charge on any atom is -0.332 e. The van der Waals surface area contributed by atoms with E-state index in [1.54, 1.807) is 0 Å². The first kappa shape index (κ1) is 17.2. The van der Waals surface area contributed by atoms with Crippen LogP contribution in [0.4, 0.5) is 4.39 Å². The zero-order valence-electron chi connectivity index (χ0n) is 15.9. The Hall–Kier alpha value is -2.94. The third-order valence-electron chi connectivity index (χ3n) is 6.30. The first-order valence-electron chi connectivity index (χ1n) is 9.88. The molecule has 2 aliphatic rings. The molecule has 28 heavy (non-hydrogen) atoms. The second-order valence-corrected chi connectivity index (χ2v) is 7.90. The largest absolute Gasteiger partial charge is 0.332 e. The Balaban J connectivity index is 1.52. The van der Waals surface area contributed by atoms with E-state index in [1.165, 1.54) is 23.3 Å². The van der Waals surface area contributed by atoms with Crippen LogP contribution in [0, 0.1) is 12.7 Å². The van der Waals surface area contributed by atoms with Crippen molar-refractivity contribution in [3.05, 3.63) is 94.8 Å². The molecule has 1 fully saturated rings. The van der Waals surface area contributed by atoms with Crippen molar-refractivity contribution < 1.29 is 9.18 Å². The first-order valence-corrected chi connectivity index (χ1v) is 9.88. The van der Waals surface area contributed by atoms with E-state index in [0.717, 1.165) is 41.6 Å². The number of amides is 1. The maximum atomic E-state index is 13.3. The van der Waals surface area contributed by atoms with E-state index >= 15 is 0 Å². The van der Waals surface area contributed by atoms with Crippen molar-refractivity contribution in [3.63, 3.8) is 0 Å². The highest BCUT2D eigenvalue weighted by Gasteiger charge is 2.41. The fourth-order valence-corrected chi connectivity index (χ4v) is 4.81. The van der Waals surface area contributed by atoms with Gasteiger partial charge in [-0.05, 0) is 77.8 Å². The number of hydrogen-bond donors (Lipinski definition) is 0. The van der Waals surface area contributed by atoms with E-state index in [-0.39, 0.29) is 17.8 Å². The van der Waals surface area contributed by atoms with Gasteiger partial charge in [0.2, 0.25) is 0 Å². The highest BCUT2D eigenvalue weighted by atomic mass is 19.1. The number of fused-ring (bicyclic) bond motifs is 5. The summed E-state index contributed by atoms with van der Waals surface area (Å²) in [6, 6.07) is 21.1. The molecule has 2 atom stereocenters. The standard InChI is InChI=1S/C25H22FNO/c1-16-4-2-3-5-21(16)25(28)27-13-12-19-15-24(27)23-14-18(8-11-22(19)23)17-6-9-20(26)10-7-17/h2-11,14,19,24H,12-13,15H2,1H3/t19-,24-/m1/s1. The summed E-state index contributed by atoms with van der Waals surface area (Å²) >= 11 is 0. The summed E-state index contributed by atoms with van der Waals surface area (Å²) in [5, 5.41) is 0. The number of carbonyl (C=O) groups excluding carboxylic acids is 1. The van der Waals surface area contributed by atoms with E-state index in [2.05, 4.69) is 23.1 Å². The summed E-state index contributed by atoms with van der Waals surface area (Å²) in [6.07, 6.45) is 2.01. The fraction of sp³-hybridized carbons (Fsp3) is 0.240. The number of halogens is 1. The number of piperidine rings is 1. The molecule has 1 amide bonds. The van der Waals surface area contributed by atoms with Crippen LogP contribution in [-0.2, 0) is 0 Å². The van der Waals surface area contributed by atoms with Crippen LogP contribution in [0.2, 0.25) is 0 Å². The van der Waals surface area contributed by atoms with Crippen molar-refractivity contribution in [2.75, 3.05) is 6.54 Å². The third-order valence-corrected chi connectivity index (χ3v) is 6.30. The molecule has 0 saturated carbocycles. The van der Waals surface area contributed by atoms with E-state index in [4.69, 9.17) is 0 Å². The van der Waals surface area contributed by atoms with E-state index < -0.39 is 0 Å². The van der Waals surface area contributed by atoms with Crippen LogP contribution in [0.3, 0.4) is 0 Å². The van der Waals surface area contributed by atoms with Gasteiger partial charge in [0.15, 0.2) is 0 Å². The quantitative estimate of drug-likeness (QED) is 0.551. The Morgan fingerprint density at radius 1 is 0.964 bits per heavy atom. The van der Waals surface area contributed by atoms with Crippen LogP contribution in [0.5, 0.6) is 0 Å². The van der Waals surface area contributed by atoms with Gasteiger partial charge < -0.3 is 4.90 Å². The average molecular weight is 371 g/mol. The molecule has 1 heterocycles. The lowest BCUT2D eigenvalue weighted by Crippen LogP contribution is -2.37. The van der Waals surface area contributed by atoms with Gasteiger partial charge in [0, 0.05) is 12.1 Å². The van der Waals surface area contributed by atoms with Crippen LogP contribution < -0.4 is 0 Å². The number of rotatable bonds is 2. The van der Waals surface area contributed by atoms with Crippen molar-refractivity contribution in [2.45, 2.75) is 31.7 Å². The maximum Gasteiger partial charge on any atom is 0.254 e. The van der Waals surface area contributed by atoms with Gasteiger partial charge in [0.25, 0.3) is 5.91 Å². The van der Waals surface area contributed by atoms with Crippen LogP contribution in [0.15, 0.2) is 66.7 Å². The number of benzene rings is 3. The Kier molecular flexibility index (Phi) is 4.04. The molecule has 1 aliphatic heterocycles. The van der Waals surface area contributed by atoms with Crippen molar-refractivity contribution in [2.24, 2.45) is 0 Å². The average Bonchev–Trinajstić information content (AvgIpc) is 3.00. The molecule has 0 aromatic heterocycles. The number of hydrogen-bond acceptors (Lipinski definition) is 1. The third kappa shape index (κ3) is 2.73.